The Balaban J connectivity index is 1.40. The normalized spacial score (nSPS) is 19.5. The number of hydrogen-bond acceptors (Lipinski definition) is 4. The first-order chi connectivity index (χ1) is 11.1. The minimum atomic E-state index is -0.260. The van der Waals surface area contributed by atoms with Crippen LogP contribution in [0.15, 0.2) is 48.5 Å². The summed E-state index contributed by atoms with van der Waals surface area (Å²) in [6.07, 6.45) is 2.56. The number of ketones is 1. The van der Waals surface area contributed by atoms with Crippen LogP contribution in [0.4, 0.5) is 0 Å². The summed E-state index contributed by atoms with van der Waals surface area (Å²) in [5, 5.41) is 18.5. The third-order valence-corrected chi connectivity index (χ3v) is 4.15. The molecule has 4 nitrogen and oxygen atoms in total. The minimum Gasteiger partial charge on any atom is -0.508 e. The average molecular weight is 312 g/mol. The number of ether oxygens (including phenoxy) is 1. The molecule has 1 heterocycles. The van der Waals surface area contributed by atoms with Gasteiger partial charge in [0.05, 0.1) is 6.10 Å². The Bertz CT molecular complexity index is 661. The zero-order chi connectivity index (χ0) is 16.2. The number of Topliss-reactive ketones (excluding diaryl/α,β-unsaturated/α-hetero) is 1. The molecule has 2 atom stereocenters. The molecule has 2 N–H and O–H groups in total. The molecule has 3 rings (SSSR count). The maximum Gasteiger partial charge on any atom is 0.164 e. The van der Waals surface area contributed by atoms with Crippen LogP contribution in [-0.2, 0) is 22.4 Å². The van der Waals surface area contributed by atoms with E-state index in [0.29, 0.717) is 12.8 Å². The van der Waals surface area contributed by atoms with E-state index in [1.807, 2.05) is 24.3 Å². The number of carbonyl (C=O) groups is 1. The largest absolute Gasteiger partial charge is 0.508 e. The van der Waals surface area contributed by atoms with Gasteiger partial charge in [0.15, 0.2) is 5.78 Å². The Hall–Kier alpha value is -2.33. The lowest BCUT2D eigenvalue weighted by atomic mass is 10.0. The van der Waals surface area contributed by atoms with Crippen molar-refractivity contribution in [2.24, 2.45) is 0 Å². The second-order valence-corrected chi connectivity index (χ2v) is 5.93. The third kappa shape index (κ3) is 4.33. The number of aromatic hydroxyl groups is 2. The molecule has 0 spiro atoms. The molecule has 0 unspecified atom stereocenters. The van der Waals surface area contributed by atoms with Gasteiger partial charge < -0.3 is 14.9 Å². The second kappa shape index (κ2) is 6.84. The van der Waals surface area contributed by atoms with E-state index >= 15 is 0 Å². The molecule has 1 saturated heterocycles. The molecule has 4 heteroatoms. The highest BCUT2D eigenvalue weighted by Crippen LogP contribution is 2.29. The maximum atomic E-state index is 12.1. The first-order valence-corrected chi connectivity index (χ1v) is 7.86. The summed E-state index contributed by atoms with van der Waals surface area (Å²) in [7, 11) is 0. The van der Waals surface area contributed by atoms with Gasteiger partial charge in [-0.1, -0.05) is 24.3 Å². The summed E-state index contributed by atoms with van der Waals surface area (Å²) in [6.45, 7) is 0. The van der Waals surface area contributed by atoms with Gasteiger partial charge in [-0.2, -0.15) is 0 Å². The number of benzene rings is 2. The van der Waals surface area contributed by atoms with Gasteiger partial charge >= 0.3 is 0 Å². The molecular weight excluding hydrogens is 292 g/mol. The van der Waals surface area contributed by atoms with E-state index in [4.69, 9.17) is 4.74 Å². The van der Waals surface area contributed by atoms with Gasteiger partial charge in [0.1, 0.15) is 17.6 Å². The summed E-state index contributed by atoms with van der Waals surface area (Å²) in [6, 6.07) is 14.0. The zero-order valence-electron chi connectivity index (χ0n) is 12.8. The van der Waals surface area contributed by atoms with Gasteiger partial charge in [0.25, 0.3) is 0 Å². The van der Waals surface area contributed by atoms with Gasteiger partial charge in [-0.25, -0.2) is 0 Å². The lowest BCUT2D eigenvalue weighted by Gasteiger charge is -2.01. The Morgan fingerprint density at radius 1 is 0.870 bits per heavy atom. The van der Waals surface area contributed by atoms with Gasteiger partial charge in [-0.3, -0.25) is 4.79 Å². The lowest BCUT2D eigenvalue weighted by Crippen LogP contribution is -2.11. The summed E-state index contributed by atoms with van der Waals surface area (Å²) >= 11 is 0. The molecule has 2 aromatic carbocycles. The highest BCUT2D eigenvalue weighted by atomic mass is 16.6. The number of carbonyl (C=O) groups excluding carboxylic acids is 1. The smallest absolute Gasteiger partial charge is 0.164 e. The van der Waals surface area contributed by atoms with E-state index in [1.54, 1.807) is 24.3 Å². The lowest BCUT2D eigenvalue weighted by molar-refractivity contribution is -0.120. The summed E-state index contributed by atoms with van der Waals surface area (Å²) in [4.78, 5) is 12.1. The standard InChI is InChI=1S/C19H20O4/c20-15-7-1-13(2-8-15)5-11-17(22)19-18(23-19)12-6-14-3-9-16(21)10-4-14/h1-4,7-10,18-21H,5-6,11-12H2/t18-,19-/m0/s1. The number of phenolic OH excluding ortho intramolecular Hbond substituents is 2. The molecule has 0 aliphatic carbocycles. The maximum absolute atomic E-state index is 12.1. The second-order valence-electron chi connectivity index (χ2n) is 5.93. The highest BCUT2D eigenvalue weighted by molar-refractivity contribution is 5.86. The quantitative estimate of drug-likeness (QED) is 0.771. The van der Waals surface area contributed by atoms with Crippen molar-refractivity contribution in [1.29, 1.82) is 0 Å². The third-order valence-electron chi connectivity index (χ3n) is 4.15. The molecule has 1 aliphatic heterocycles. The number of hydrogen-bond donors (Lipinski definition) is 2. The van der Waals surface area contributed by atoms with Crippen molar-refractivity contribution in [3.63, 3.8) is 0 Å². The van der Waals surface area contributed by atoms with Gasteiger partial charge in [0.2, 0.25) is 0 Å². The molecule has 0 radical (unpaired) electrons. The summed E-state index contributed by atoms with van der Waals surface area (Å²) < 4.78 is 5.49. The van der Waals surface area contributed by atoms with Crippen LogP contribution in [-0.4, -0.2) is 28.2 Å². The van der Waals surface area contributed by atoms with Crippen LogP contribution in [0, 0.1) is 0 Å². The number of rotatable bonds is 7. The van der Waals surface area contributed by atoms with Crippen molar-refractivity contribution < 1.29 is 19.7 Å². The van der Waals surface area contributed by atoms with Crippen molar-refractivity contribution in [1.82, 2.24) is 0 Å². The zero-order valence-corrected chi connectivity index (χ0v) is 12.8. The van der Waals surface area contributed by atoms with Crippen LogP contribution in [0.5, 0.6) is 11.5 Å². The van der Waals surface area contributed by atoms with Crippen LogP contribution < -0.4 is 0 Å². The predicted molar refractivity (Wildman–Crippen MR) is 86.5 cm³/mol. The van der Waals surface area contributed by atoms with Gasteiger partial charge in [-0.15, -0.1) is 0 Å². The highest BCUT2D eigenvalue weighted by Gasteiger charge is 2.43. The summed E-state index contributed by atoms with van der Waals surface area (Å²) in [5.74, 6) is 0.646. The Morgan fingerprint density at radius 2 is 1.39 bits per heavy atom. The fraction of sp³-hybridized carbons (Fsp3) is 0.316. The fourth-order valence-electron chi connectivity index (χ4n) is 2.69. The number of phenols is 2. The van der Waals surface area contributed by atoms with Crippen LogP contribution in [0.2, 0.25) is 0 Å². The molecule has 120 valence electrons. The van der Waals surface area contributed by atoms with Crippen molar-refractivity contribution in [3.05, 3.63) is 59.7 Å². The number of epoxide rings is 1. The Labute approximate surface area is 135 Å². The molecule has 0 saturated carbocycles. The van der Waals surface area contributed by atoms with E-state index in [9.17, 15) is 15.0 Å². The van der Waals surface area contributed by atoms with E-state index in [0.717, 1.165) is 24.0 Å². The first kappa shape index (κ1) is 15.6. The van der Waals surface area contributed by atoms with Gasteiger partial charge in [-0.05, 0) is 54.7 Å². The van der Waals surface area contributed by atoms with Crippen LogP contribution in [0.25, 0.3) is 0 Å². The monoisotopic (exact) mass is 312 g/mol. The number of aryl methyl sites for hydroxylation is 2. The molecule has 0 aromatic heterocycles. The topological polar surface area (TPSA) is 70.1 Å². The Kier molecular flexibility index (Phi) is 4.63. The van der Waals surface area contributed by atoms with Crippen molar-refractivity contribution in [2.45, 2.75) is 37.9 Å². The molecule has 0 bridgehead atoms. The van der Waals surface area contributed by atoms with E-state index in [-0.39, 0.29) is 29.5 Å². The minimum absolute atomic E-state index is 0.0242. The predicted octanol–water partition coefficient (Wildman–Crippen LogP) is 3.00. The van der Waals surface area contributed by atoms with Crippen LogP contribution in [0.3, 0.4) is 0 Å². The molecule has 1 aliphatic rings. The van der Waals surface area contributed by atoms with Crippen molar-refractivity contribution >= 4 is 5.78 Å². The van der Waals surface area contributed by atoms with Crippen LogP contribution >= 0.6 is 0 Å². The fourth-order valence-corrected chi connectivity index (χ4v) is 2.69. The summed E-state index contributed by atoms with van der Waals surface area (Å²) in [5.41, 5.74) is 2.17. The van der Waals surface area contributed by atoms with Gasteiger partial charge in [0, 0.05) is 6.42 Å². The Morgan fingerprint density at radius 3 is 1.96 bits per heavy atom. The average Bonchev–Trinajstić information content (AvgIpc) is 3.33. The molecule has 1 fully saturated rings. The van der Waals surface area contributed by atoms with Crippen LogP contribution in [0.1, 0.15) is 24.0 Å². The molecule has 0 amide bonds. The molecule has 23 heavy (non-hydrogen) atoms. The van der Waals surface area contributed by atoms with E-state index in [1.165, 1.54) is 0 Å². The van der Waals surface area contributed by atoms with Crippen molar-refractivity contribution in [2.75, 3.05) is 0 Å². The SMILES string of the molecule is O=C(CCc1ccc(O)cc1)[C@@H]1O[C@H]1CCc1ccc(O)cc1. The van der Waals surface area contributed by atoms with Crippen molar-refractivity contribution in [3.8, 4) is 11.5 Å². The van der Waals surface area contributed by atoms with E-state index < -0.39 is 0 Å². The van der Waals surface area contributed by atoms with E-state index in [2.05, 4.69) is 0 Å². The molecule has 2 aromatic rings. The molecular formula is C19H20O4. The first-order valence-electron chi connectivity index (χ1n) is 7.86.